The Morgan fingerprint density at radius 1 is 1.48 bits per heavy atom. The molecule has 0 fully saturated rings. The van der Waals surface area contributed by atoms with Gasteiger partial charge in [-0.05, 0) is 38.3 Å². The highest BCUT2D eigenvalue weighted by atomic mass is 35.5. The Morgan fingerprint density at radius 2 is 2.24 bits per heavy atom. The normalized spacial score (nSPS) is 12.9. The Balaban J connectivity index is 2.50. The third-order valence-electron chi connectivity index (χ3n) is 3.29. The Morgan fingerprint density at radius 3 is 2.76 bits per heavy atom. The van der Waals surface area contributed by atoms with Gasteiger partial charge in [0.15, 0.2) is 5.75 Å². The van der Waals surface area contributed by atoms with Gasteiger partial charge in [-0.1, -0.05) is 18.5 Å². The molecule has 2 heterocycles. The predicted molar refractivity (Wildman–Crippen MR) is 88.6 cm³/mol. The fraction of sp³-hybridized carbons (Fsp3) is 0.533. The summed E-state index contributed by atoms with van der Waals surface area (Å²) in [7, 11) is 1.68. The van der Waals surface area contributed by atoms with E-state index in [1.807, 2.05) is 16.1 Å². The fourth-order valence-corrected chi connectivity index (χ4v) is 3.56. The van der Waals surface area contributed by atoms with Gasteiger partial charge < -0.3 is 10.1 Å². The maximum Gasteiger partial charge on any atom is 0.161 e. The minimum absolute atomic E-state index is 0.00250. The molecule has 0 saturated heterocycles. The van der Waals surface area contributed by atoms with Crippen molar-refractivity contribution in [3.05, 3.63) is 33.2 Å². The van der Waals surface area contributed by atoms with Crippen molar-refractivity contribution in [2.45, 2.75) is 39.3 Å². The first-order valence-corrected chi connectivity index (χ1v) is 8.43. The maximum atomic E-state index is 6.36. The number of halogens is 1. The summed E-state index contributed by atoms with van der Waals surface area (Å²) in [6.45, 7) is 7.29. The van der Waals surface area contributed by atoms with E-state index in [4.69, 9.17) is 16.3 Å². The van der Waals surface area contributed by atoms with Crippen molar-refractivity contribution >= 4 is 22.9 Å². The third-order valence-corrected chi connectivity index (χ3v) is 4.71. The fourth-order valence-electron chi connectivity index (χ4n) is 2.31. The summed E-state index contributed by atoms with van der Waals surface area (Å²) in [4.78, 5) is 1.10. The molecule has 0 aromatic carbocycles. The number of methoxy groups -OCH3 is 1. The molecule has 116 valence electrons. The summed E-state index contributed by atoms with van der Waals surface area (Å²) in [6.07, 6.45) is 2.83. The lowest BCUT2D eigenvalue weighted by molar-refractivity contribution is 0.394. The molecule has 2 aromatic rings. The van der Waals surface area contributed by atoms with E-state index in [1.54, 1.807) is 24.6 Å². The first-order chi connectivity index (χ1) is 10.1. The summed E-state index contributed by atoms with van der Waals surface area (Å²) >= 11 is 8.01. The molecule has 6 heteroatoms. The van der Waals surface area contributed by atoms with Crippen LogP contribution in [0.25, 0.3) is 0 Å². The van der Waals surface area contributed by atoms with E-state index in [2.05, 4.69) is 31.2 Å². The summed E-state index contributed by atoms with van der Waals surface area (Å²) in [5.74, 6) is 0.793. The monoisotopic (exact) mass is 327 g/mol. The molecule has 0 spiro atoms. The van der Waals surface area contributed by atoms with Gasteiger partial charge in [-0.25, -0.2) is 0 Å². The van der Waals surface area contributed by atoms with Crippen LogP contribution in [0.4, 0.5) is 0 Å². The molecular formula is C15H22ClN3OS. The van der Waals surface area contributed by atoms with Crippen LogP contribution < -0.4 is 10.1 Å². The summed E-state index contributed by atoms with van der Waals surface area (Å²) < 4.78 is 7.52. The minimum Gasteiger partial charge on any atom is -0.493 e. The molecule has 0 radical (unpaired) electrons. The van der Waals surface area contributed by atoms with E-state index in [1.165, 1.54) is 0 Å². The smallest absolute Gasteiger partial charge is 0.161 e. The number of nitrogens with zero attached hydrogens (tertiary/aromatic N) is 2. The Kier molecular flexibility index (Phi) is 5.67. The first kappa shape index (κ1) is 16.3. The van der Waals surface area contributed by atoms with Crippen molar-refractivity contribution in [1.82, 2.24) is 15.1 Å². The Hall–Kier alpha value is -1.04. The number of thiophene rings is 1. The highest BCUT2D eigenvalue weighted by molar-refractivity contribution is 7.10. The molecule has 2 aromatic heterocycles. The van der Waals surface area contributed by atoms with Crippen LogP contribution in [0.2, 0.25) is 5.02 Å². The molecule has 0 saturated carbocycles. The molecule has 0 aliphatic rings. The predicted octanol–water partition coefficient (Wildman–Crippen LogP) is 4.28. The molecule has 1 unspecified atom stereocenters. The zero-order chi connectivity index (χ0) is 15.4. The first-order valence-electron chi connectivity index (χ1n) is 7.17. The molecule has 0 aliphatic carbocycles. The van der Waals surface area contributed by atoms with Crippen LogP contribution >= 0.6 is 22.9 Å². The maximum absolute atomic E-state index is 6.36. The Bertz CT molecular complexity index is 579. The number of hydrogen-bond donors (Lipinski definition) is 1. The average molecular weight is 328 g/mol. The zero-order valence-electron chi connectivity index (χ0n) is 12.9. The molecule has 0 aliphatic heterocycles. The van der Waals surface area contributed by atoms with Crippen LogP contribution in [0.1, 0.15) is 49.8 Å². The van der Waals surface area contributed by atoms with E-state index in [0.717, 1.165) is 34.3 Å². The van der Waals surface area contributed by atoms with E-state index >= 15 is 0 Å². The van der Waals surface area contributed by atoms with E-state index in [-0.39, 0.29) is 12.1 Å². The van der Waals surface area contributed by atoms with Crippen molar-refractivity contribution < 1.29 is 4.74 Å². The van der Waals surface area contributed by atoms with E-state index < -0.39 is 0 Å². The highest BCUT2D eigenvalue weighted by Gasteiger charge is 2.26. The quantitative estimate of drug-likeness (QED) is 0.825. The lowest BCUT2D eigenvalue weighted by Crippen LogP contribution is -2.26. The van der Waals surface area contributed by atoms with Crippen LogP contribution in [0.3, 0.4) is 0 Å². The van der Waals surface area contributed by atoms with Gasteiger partial charge in [0.2, 0.25) is 0 Å². The van der Waals surface area contributed by atoms with Crippen LogP contribution in [0.5, 0.6) is 5.75 Å². The van der Waals surface area contributed by atoms with Crippen molar-refractivity contribution in [3.63, 3.8) is 0 Å². The molecule has 2 rings (SSSR count). The molecule has 21 heavy (non-hydrogen) atoms. The Labute approximate surface area is 135 Å². The van der Waals surface area contributed by atoms with Gasteiger partial charge >= 0.3 is 0 Å². The van der Waals surface area contributed by atoms with E-state index in [9.17, 15) is 0 Å². The number of aromatic nitrogens is 2. The van der Waals surface area contributed by atoms with Gasteiger partial charge in [0.1, 0.15) is 5.69 Å². The van der Waals surface area contributed by atoms with Crippen LogP contribution in [-0.4, -0.2) is 23.4 Å². The number of hydrogen-bond acceptors (Lipinski definition) is 4. The molecule has 1 N–H and O–H groups in total. The lowest BCUT2D eigenvalue weighted by atomic mass is 10.1. The highest BCUT2D eigenvalue weighted by Crippen LogP contribution is 2.37. The SMILES string of the molecule is CCCNC(c1sccc1Cl)c1c(OC)cnn1C(C)C. The second kappa shape index (κ2) is 7.29. The summed E-state index contributed by atoms with van der Waals surface area (Å²) in [6, 6.07) is 2.19. The number of rotatable bonds is 7. The molecule has 0 amide bonds. The van der Waals surface area contributed by atoms with Crippen LogP contribution in [-0.2, 0) is 0 Å². The van der Waals surface area contributed by atoms with Crippen LogP contribution in [0.15, 0.2) is 17.6 Å². The second-order valence-electron chi connectivity index (χ2n) is 5.16. The molecule has 0 bridgehead atoms. The van der Waals surface area contributed by atoms with Gasteiger partial charge in [0.25, 0.3) is 0 Å². The number of nitrogens with one attached hydrogen (secondary N) is 1. The van der Waals surface area contributed by atoms with Gasteiger partial charge in [-0.3, -0.25) is 4.68 Å². The zero-order valence-corrected chi connectivity index (χ0v) is 14.5. The standard InChI is InChI=1S/C15H22ClN3OS/c1-5-7-17-13(15-11(16)6-8-21-15)14-12(20-4)9-18-19(14)10(2)3/h6,8-10,13,17H,5,7H2,1-4H3. The lowest BCUT2D eigenvalue weighted by Gasteiger charge is -2.22. The molecule has 4 nitrogen and oxygen atoms in total. The largest absolute Gasteiger partial charge is 0.493 e. The van der Waals surface area contributed by atoms with Crippen molar-refractivity contribution in [2.75, 3.05) is 13.7 Å². The van der Waals surface area contributed by atoms with Crippen molar-refractivity contribution in [2.24, 2.45) is 0 Å². The summed E-state index contributed by atoms with van der Waals surface area (Å²) in [5, 5.41) is 10.8. The second-order valence-corrected chi connectivity index (χ2v) is 6.51. The van der Waals surface area contributed by atoms with Gasteiger partial charge in [0.05, 0.1) is 24.4 Å². The van der Waals surface area contributed by atoms with Crippen molar-refractivity contribution in [1.29, 1.82) is 0 Å². The summed E-state index contributed by atoms with van der Waals surface area (Å²) in [5.41, 5.74) is 1.03. The van der Waals surface area contributed by atoms with Gasteiger partial charge in [0, 0.05) is 10.9 Å². The minimum atomic E-state index is -0.00250. The number of ether oxygens (including phenoxy) is 1. The van der Waals surface area contributed by atoms with Crippen molar-refractivity contribution in [3.8, 4) is 5.75 Å². The third kappa shape index (κ3) is 3.42. The van der Waals surface area contributed by atoms with Gasteiger partial charge in [-0.15, -0.1) is 11.3 Å². The van der Waals surface area contributed by atoms with E-state index in [0.29, 0.717) is 0 Å². The van der Waals surface area contributed by atoms with Crippen LogP contribution in [0, 0.1) is 0 Å². The molecule has 1 atom stereocenters. The average Bonchev–Trinajstić information content (AvgIpc) is 3.06. The topological polar surface area (TPSA) is 39.1 Å². The molecular weight excluding hydrogens is 306 g/mol. The van der Waals surface area contributed by atoms with Gasteiger partial charge in [-0.2, -0.15) is 5.10 Å².